The second-order valence-corrected chi connectivity index (χ2v) is 19.0. The lowest BCUT2D eigenvalue weighted by Gasteiger charge is -2.21. The molecule has 0 spiro atoms. The van der Waals surface area contributed by atoms with E-state index in [1.54, 1.807) is 0 Å². The van der Waals surface area contributed by atoms with Crippen LogP contribution < -0.4 is 10.3 Å². The van der Waals surface area contributed by atoms with Gasteiger partial charge in [-0.15, -0.1) is 0 Å². The van der Waals surface area contributed by atoms with E-state index >= 15 is 0 Å². The van der Waals surface area contributed by atoms with Crippen LogP contribution in [0.1, 0.15) is 203 Å². The Hall–Kier alpha value is -5.10. The molecule has 0 unspecified atom stereocenters. The summed E-state index contributed by atoms with van der Waals surface area (Å²) in [4.78, 5) is 13.8. The van der Waals surface area contributed by atoms with E-state index < -0.39 is 0 Å². The van der Waals surface area contributed by atoms with Crippen molar-refractivity contribution in [1.29, 1.82) is 0 Å². The summed E-state index contributed by atoms with van der Waals surface area (Å²) in [5.41, 5.74) is 14.1. The SMILES string of the molecule is CC(C)c1cccc(C(C)C)c1-n1cc[n+](-c2c(C(C)C)cccc2C(C)C)c1O.CC(C)c1cccc(C(C)C)c1-n1ccn(-c2c(C(C)C)cccc2C(C)C)c1=O. The van der Waals surface area contributed by atoms with E-state index in [4.69, 9.17) is 0 Å². The van der Waals surface area contributed by atoms with E-state index in [0.29, 0.717) is 47.3 Å². The molecule has 6 rings (SSSR count). The van der Waals surface area contributed by atoms with Gasteiger partial charge >= 0.3 is 11.7 Å². The summed E-state index contributed by atoms with van der Waals surface area (Å²) >= 11 is 0. The maximum absolute atomic E-state index is 13.8. The highest BCUT2D eigenvalue weighted by molar-refractivity contribution is 5.55. The Balaban J connectivity index is 0.000000228. The van der Waals surface area contributed by atoms with Gasteiger partial charge in [0.1, 0.15) is 23.8 Å². The molecule has 6 aromatic rings. The predicted octanol–water partition coefficient (Wildman–Crippen LogP) is 14.1. The van der Waals surface area contributed by atoms with E-state index in [-0.39, 0.29) is 11.7 Å². The first-order valence-electron chi connectivity index (χ1n) is 22.4. The van der Waals surface area contributed by atoms with Crippen LogP contribution in [0, 0.1) is 0 Å². The van der Waals surface area contributed by atoms with E-state index in [0.717, 1.165) is 22.7 Å². The molecule has 0 atom stereocenters. The number of imidazole rings is 2. The average Bonchev–Trinajstić information content (AvgIpc) is 3.77. The van der Waals surface area contributed by atoms with Gasteiger partial charge in [-0.05, 0) is 69.6 Å². The number of nitrogens with zero attached hydrogens (tertiary/aromatic N) is 4. The first kappa shape index (κ1) is 46.0. The maximum atomic E-state index is 13.8. The molecule has 0 bridgehead atoms. The highest BCUT2D eigenvalue weighted by atomic mass is 16.3. The van der Waals surface area contributed by atoms with Crippen molar-refractivity contribution in [2.45, 2.75) is 158 Å². The Kier molecular flexibility index (Phi) is 14.6. The maximum Gasteiger partial charge on any atom is 0.464 e. The predicted molar refractivity (Wildman–Crippen MR) is 253 cm³/mol. The molecular weight excluding hydrogens is 737 g/mol. The fraction of sp³-hybridized carbons (Fsp3) is 0.444. The van der Waals surface area contributed by atoms with Crippen LogP contribution in [0.5, 0.6) is 6.01 Å². The number of aromatic nitrogens is 4. The second-order valence-electron chi connectivity index (χ2n) is 19.0. The van der Waals surface area contributed by atoms with Crippen LogP contribution in [0.15, 0.2) is 102 Å². The highest BCUT2D eigenvalue weighted by Crippen LogP contribution is 2.36. The number of para-hydroxylation sites is 4. The lowest BCUT2D eigenvalue weighted by Crippen LogP contribution is -2.32. The summed E-state index contributed by atoms with van der Waals surface area (Å²) in [6, 6.07) is 26.1. The summed E-state index contributed by atoms with van der Waals surface area (Å²) in [6.07, 6.45) is 7.89. The quantitative estimate of drug-likeness (QED) is 0.125. The van der Waals surface area contributed by atoms with Crippen LogP contribution >= 0.6 is 0 Å². The molecule has 2 aromatic heterocycles. The van der Waals surface area contributed by atoms with Crippen molar-refractivity contribution in [3.05, 3.63) is 153 Å². The van der Waals surface area contributed by atoms with Crippen LogP contribution in [-0.2, 0) is 0 Å². The van der Waals surface area contributed by atoms with Crippen molar-refractivity contribution in [3.8, 4) is 28.8 Å². The number of hydrogen-bond donors (Lipinski definition) is 1. The molecule has 0 amide bonds. The number of aromatic hydroxyl groups is 1. The Morgan fingerprint density at radius 2 is 0.633 bits per heavy atom. The van der Waals surface area contributed by atoms with E-state index in [1.165, 1.54) is 44.5 Å². The van der Waals surface area contributed by atoms with E-state index in [2.05, 4.69) is 184 Å². The van der Waals surface area contributed by atoms with Gasteiger partial charge in [-0.1, -0.05) is 184 Å². The summed E-state index contributed by atoms with van der Waals surface area (Å²) < 4.78 is 7.63. The molecule has 4 aromatic carbocycles. The first-order chi connectivity index (χ1) is 28.3. The van der Waals surface area contributed by atoms with Crippen molar-refractivity contribution in [3.63, 3.8) is 0 Å². The van der Waals surface area contributed by atoms with Crippen molar-refractivity contribution in [1.82, 2.24) is 13.7 Å². The number of rotatable bonds is 12. The van der Waals surface area contributed by atoms with Crippen LogP contribution in [0.2, 0.25) is 0 Å². The van der Waals surface area contributed by atoms with Gasteiger partial charge in [0.25, 0.3) is 0 Å². The fourth-order valence-corrected chi connectivity index (χ4v) is 8.61. The summed E-state index contributed by atoms with van der Waals surface area (Å²) in [7, 11) is 0. The molecule has 1 N–H and O–H groups in total. The molecule has 60 heavy (non-hydrogen) atoms. The third-order valence-electron chi connectivity index (χ3n) is 11.9. The molecule has 0 saturated heterocycles. The third-order valence-corrected chi connectivity index (χ3v) is 11.9. The molecule has 0 aliphatic rings. The van der Waals surface area contributed by atoms with Crippen LogP contribution in [0.3, 0.4) is 0 Å². The van der Waals surface area contributed by atoms with Gasteiger partial charge < -0.3 is 5.11 Å². The van der Waals surface area contributed by atoms with E-state index in [1.807, 2.05) is 43.1 Å². The van der Waals surface area contributed by atoms with Gasteiger partial charge in [0.05, 0.1) is 11.4 Å². The standard InChI is InChI=1S/2C27H36N2O/c2*1-17(2)21-11-9-12-22(18(3)4)25(21)28-15-16-29(27(28)30)26-23(19(5)6)13-10-14-24(26)20(7)8/h2*9-20H,1-8H3/p+1. The van der Waals surface area contributed by atoms with Gasteiger partial charge in [-0.3, -0.25) is 9.13 Å². The zero-order chi connectivity index (χ0) is 44.3. The van der Waals surface area contributed by atoms with Gasteiger partial charge in [0.15, 0.2) is 0 Å². The Morgan fingerprint density at radius 1 is 0.383 bits per heavy atom. The smallest absolute Gasteiger partial charge is 0.446 e. The minimum Gasteiger partial charge on any atom is -0.446 e. The lowest BCUT2D eigenvalue weighted by molar-refractivity contribution is -0.604. The first-order valence-corrected chi connectivity index (χ1v) is 22.4. The van der Waals surface area contributed by atoms with Crippen LogP contribution in [-0.4, -0.2) is 18.8 Å². The van der Waals surface area contributed by atoms with Gasteiger partial charge in [0.2, 0.25) is 0 Å². The van der Waals surface area contributed by atoms with Crippen molar-refractivity contribution in [2.75, 3.05) is 0 Å². The van der Waals surface area contributed by atoms with Crippen molar-refractivity contribution >= 4 is 0 Å². The van der Waals surface area contributed by atoms with Crippen LogP contribution in [0.4, 0.5) is 0 Å². The molecule has 0 aliphatic carbocycles. The second kappa shape index (κ2) is 19.1. The zero-order valence-electron chi connectivity index (χ0n) is 39.5. The monoisotopic (exact) mass is 810 g/mol. The topological polar surface area (TPSA) is 56.0 Å². The van der Waals surface area contributed by atoms with Gasteiger partial charge in [-0.25, -0.2) is 4.79 Å². The third kappa shape index (κ3) is 9.13. The largest absolute Gasteiger partial charge is 0.464 e. The van der Waals surface area contributed by atoms with E-state index in [9.17, 15) is 9.90 Å². The van der Waals surface area contributed by atoms with Gasteiger partial charge in [0, 0.05) is 34.6 Å². The molecule has 0 fully saturated rings. The molecule has 0 aliphatic heterocycles. The molecule has 2 heterocycles. The van der Waals surface area contributed by atoms with Crippen LogP contribution in [0.25, 0.3) is 22.7 Å². The average molecular weight is 810 g/mol. The number of hydrogen-bond acceptors (Lipinski definition) is 2. The summed E-state index contributed by atoms with van der Waals surface area (Å²) in [6.45, 7) is 35.2. The Labute approximate surface area is 361 Å². The van der Waals surface area contributed by atoms with Crippen molar-refractivity contribution in [2.24, 2.45) is 0 Å². The Morgan fingerprint density at radius 3 is 0.900 bits per heavy atom. The normalized spacial score (nSPS) is 12.0. The van der Waals surface area contributed by atoms with Crippen molar-refractivity contribution < 1.29 is 9.67 Å². The molecule has 0 radical (unpaired) electrons. The van der Waals surface area contributed by atoms with Gasteiger partial charge in [-0.2, -0.15) is 9.13 Å². The zero-order valence-corrected chi connectivity index (χ0v) is 39.5. The minimum absolute atomic E-state index is 0.000000000000000444. The Bertz CT molecular complexity index is 2180. The molecule has 0 saturated carbocycles. The highest BCUT2D eigenvalue weighted by Gasteiger charge is 2.30. The molecular formula is C54H73N4O2+. The molecule has 6 nitrogen and oxygen atoms in total. The minimum atomic E-state index is 0.000000000000000444. The fourth-order valence-electron chi connectivity index (χ4n) is 8.61. The summed E-state index contributed by atoms with van der Waals surface area (Å²) in [5, 5.41) is 11.5. The lowest BCUT2D eigenvalue weighted by atomic mass is 9.92. The summed E-state index contributed by atoms with van der Waals surface area (Å²) in [5.74, 6) is 2.80. The number of benzene rings is 4. The molecule has 6 heteroatoms. The molecule has 320 valence electrons.